The molecule has 5 nitrogen and oxygen atoms in total. The molecule has 150 valence electrons. The van der Waals surface area contributed by atoms with Crippen LogP contribution in [0.4, 0.5) is 0 Å². The van der Waals surface area contributed by atoms with Crippen LogP contribution in [0.5, 0.6) is 5.75 Å². The van der Waals surface area contributed by atoms with Crippen molar-refractivity contribution in [3.05, 3.63) is 64.1 Å². The SMILES string of the molecule is Cc1ccc(OCC(=O)N(Cc2ccc(Br)cc2)[C@H](C)C(=O)NC(C)C)cc1. The van der Waals surface area contributed by atoms with E-state index in [4.69, 9.17) is 4.74 Å². The molecule has 0 radical (unpaired) electrons. The van der Waals surface area contributed by atoms with E-state index in [1.807, 2.05) is 69.3 Å². The van der Waals surface area contributed by atoms with Crippen LogP contribution in [0.25, 0.3) is 0 Å². The van der Waals surface area contributed by atoms with Crippen molar-refractivity contribution in [2.24, 2.45) is 0 Å². The summed E-state index contributed by atoms with van der Waals surface area (Å²) in [5, 5.41) is 2.87. The normalized spacial score (nSPS) is 11.8. The molecule has 6 heteroatoms. The van der Waals surface area contributed by atoms with Crippen LogP contribution in [0.15, 0.2) is 53.0 Å². The predicted molar refractivity (Wildman–Crippen MR) is 114 cm³/mol. The number of nitrogens with zero attached hydrogens (tertiary/aromatic N) is 1. The van der Waals surface area contributed by atoms with Gasteiger partial charge in [-0.15, -0.1) is 0 Å². The highest BCUT2D eigenvalue weighted by atomic mass is 79.9. The van der Waals surface area contributed by atoms with Gasteiger partial charge in [0.1, 0.15) is 11.8 Å². The van der Waals surface area contributed by atoms with Crippen LogP contribution < -0.4 is 10.1 Å². The topological polar surface area (TPSA) is 58.6 Å². The average Bonchev–Trinajstić information content (AvgIpc) is 2.65. The fourth-order valence-corrected chi connectivity index (χ4v) is 2.90. The molecule has 0 fully saturated rings. The van der Waals surface area contributed by atoms with Crippen LogP contribution in [-0.2, 0) is 16.1 Å². The Hall–Kier alpha value is -2.34. The van der Waals surface area contributed by atoms with E-state index in [1.54, 1.807) is 11.8 Å². The molecule has 0 aromatic heterocycles. The summed E-state index contributed by atoms with van der Waals surface area (Å²) >= 11 is 3.41. The standard InChI is InChI=1S/C22H27BrN2O3/c1-15(2)24-22(27)17(4)25(13-18-7-9-19(23)10-8-18)21(26)14-28-20-11-5-16(3)6-12-20/h5-12,15,17H,13-14H2,1-4H3,(H,24,27)/t17-/m1/s1. The van der Waals surface area contributed by atoms with Crippen molar-refractivity contribution in [3.8, 4) is 5.75 Å². The summed E-state index contributed by atoms with van der Waals surface area (Å²) in [6.45, 7) is 7.72. The maximum absolute atomic E-state index is 12.9. The number of carbonyl (C=O) groups excluding carboxylic acids is 2. The van der Waals surface area contributed by atoms with Gasteiger partial charge >= 0.3 is 0 Å². The number of carbonyl (C=O) groups is 2. The summed E-state index contributed by atoms with van der Waals surface area (Å²) < 4.78 is 6.60. The highest BCUT2D eigenvalue weighted by Gasteiger charge is 2.26. The minimum absolute atomic E-state index is 0.00314. The Balaban J connectivity index is 2.12. The molecule has 2 aromatic rings. The molecular weight excluding hydrogens is 420 g/mol. The number of hydrogen-bond acceptors (Lipinski definition) is 3. The Morgan fingerprint density at radius 2 is 1.64 bits per heavy atom. The van der Waals surface area contributed by atoms with Crippen LogP contribution in [0.2, 0.25) is 0 Å². The molecule has 0 unspecified atom stereocenters. The van der Waals surface area contributed by atoms with Crippen LogP contribution in [0, 0.1) is 6.92 Å². The Kier molecular flexibility index (Phi) is 8.05. The Morgan fingerprint density at radius 1 is 1.04 bits per heavy atom. The molecule has 2 rings (SSSR count). The molecule has 2 amide bonds. The van der Waals surface area contributed by atoms with E-state index in [0.717, 1.165) is 15.6 Å². The zero-order valence-corrected chi connectivity index (χ0v) is 18.3. The van der Waals surface area contributed by atoms with Crippen molar-refractivity contribution in [3.63, 3.8) is 0 Å². The lowest BCUT2D eigenvalue weighted by atomic mass is 10.1. The summed E-state index contributed by atoms with van der Waals surface area (Å²) in [6.07, 6.45) is 0. The maximum Gasteiger partial charge on any atom is 0.261 e. The largest absolute Gasteiger partial charge is 0.484 e. The minimum atomic E-state index is -0.611. The van der Waals surface area contributed by atoms with Crippen molar-refractivity contribution in [1.29, 1.82) is 0 Å². The van der Waals surface area contributed by atoms with Crippen molar-refractivity contribution in [2.75, 3.05) is 6.61 Å². The molecule has 0 bridgehead atoms. The van der Waals surface area contributed by atoms with E-state index in [0.29, 0.717) is 12.3 Å². The first-order chi connectivity index (χ1) is 13.3. The van der Waals surface area contributed by atoms with Crippen molar-refractivity contribution in [1.82, 2.24) is 10.2 Å². The lowest BCUT2D eigenvalue weighted by Gasteiger charge is -2.29. The third-order valence-corrected chi connectivity index (χ3v) is 4.78. The third-order valence-electron chi connectivity index (χ3n) is 4.25. The Morgan fingerprint density at radius 3 is 2.21 bits per heavy atom. The second kappa shape index (κ2) is 10.3. The van der Waals surface area contributed by atoms with E-state index in [2.05, 4.69) is 21.2 Å². The molecule has 0 aliphatic heterocycles. The van der Waals surface area contributed by atoms with E-state index in [1.165, 1.54) is 0 Å². The first kappa shape index (κ1) is 22.0. The molecule has 0 saturated heterocycles. The van der Waals surface area contributed by atoms with E-state index in [9.17, 15) is 9.59 Å². The highest BCUT2D eigenvalue weighted by molar-refractivity contribution is 9.10. The monoisotopic (exact) mass is 446 g/mol. The quantitative estimate of drug-likeness (QED) is 0.664. The molecule has 0 heterocycles. The van der Waals surface area contributed by atoms with E-state index < -0.39 is 6.04 Å². The van der Waals surface area contributed by atoms with E-state index in [-0.39, 0.29) is 24.5 Å². The van der Waals surface area contributed by atoms with Gasteiger partial charge in [-0.2, -0.15) is 0 Å². The van der Waals surface area contributed by atoms with Crippen LogP contribution in [0.3, 0.4) is 0 Å². The molecule has 0 aliphatic carbocycles. The second-order valence-electron chi connectivity index (χ2n) is 7.09. The van der Waals surface area contributed by atoms with Gasteiger partial charge in [-0.3, -0.25) is 9.59 Å². The zero-order chi connectivity index (χ0) is 20.7. The lowest BCUT2D eigenvalue weighted by molar-refractivity contribution is -0.142. The van der Waals surface area contributed by atoms with Crippen LogP contribution in [0.1, 0.15) is 31.9 Å². The summed E-state index contributed by atoms with van der Waals surface area (Å²) in [6, 6.07) is 14.6. The third kappa shape index (κ3) is 6.68. The second-order valence-corrected chi connectivity index (χ2v) is 8.00. The molecule has 1 atom stereocenters. The highest BCUT2D eigenvalue weighted by Crippen LogP contribution is 2.16. The van der Waals surface area contributed by atoms with Crippen molar-refractivity contribution >= 4 is 27.7 Å². The summed E-state index contributed by atoms with van der Waals surface area (Å²) in [7, 11) is 0. The Labute approximate surface area is 175 Å². The first-order valence-corrected chi connectivity index (χ1v) is 10.1. The molecule has 0 aliphatic rings. The van der Waals surface area contributed by atoms with Gasteiger partial charge in [0.25, 0.3) is 5.91 Å². The lowest BCUT2D eigenvalue weighted by Crippen LogP contribution is -2.50. The number of halogens is 1. The van der Waals surface area contributed by atoms with Crippen molar-refractivity contribution < 1.29 is 14.3 Å². The number of nitrogens with one attached hydrogen (secondary N) is 1. The predicted octanol–water partition coefficient (Wildman–Crippen LogP) is 4.08. The average molecular weight is 447 g/mol. The molecule has 2 aromatic carbocycles. The van der Waals surface area contributed by atoms with Crippen LogP contribution >= 0.6 is 15.9 Å². The zero-order valence-electron chi connectivity index (χ0n) is 16.7. The van der Waals surface area contributed by atoms with Gasteiger partial charge in [0.2, 0.25) is 5.91 Å². The number of ether oxygens (including phenoxy) is 1. The number of hydrogen-bond donors (Lipinski definition) is 1. The van der Waals surface area contributed by atoms with Gasteiger partial charge in [0, 0.05) is 17.1 Å². The van der Waals surface area contributed by atoms with E-state index >= 15 is 0 Å². The number of amides is 2. The Bertz CT molecular complexity index is 788. The van der Waals surface area contributed by atoms with Gasteiger partial charge in [-0.25, -0.2) is 0 Å². The van der Waals surface area contributed by atoms with Gasteiger partial charge in [-0.1, -0.05) is 45.8 Å². The smallest absolute Gasteiger partial charge is 0.261 e. The molecule has 28 heavy (non-hydrogen) atoms. The van der Waals surface area contributed by atoms with Crippen molar-refractivity contribution in [2.45, 2.75) is 46.3 Å². The number of rotatable bonds is 8. The molecule has 0 spiro atoms. The molecule has 1 N–H and O–H groups in total. The van der Waals surface area contributed by atoms with Gasteiger partial charge in [0.05, 0.1) is 0 Å². The summed E-state index contributed by atoms with van der Waals surface area (Å²) in [5.74, 6) is 0.201. The molecule has 0 saturated carbocycles. The van der Waals surface area contributed by atoms with Gasteiger partial charge in [-0.05, 0) is 57.5 Å². The fraction of sp³-hybridized carbons (Fsp3) is 0.364. The van der Waals surface area contributed by atoms with Gasteiger partial charge < -0.3 is 15.0 Å². The molecular formula is C22H27BrN2O3. The first-order valence-electron chi connectivity index (χ1n) is 9.30. The maximum atomic E-state index is 12.9. The van der Waals surface area contributed by atoms with Gasteiger partial charge in [0.15, 0.2) is 6.61 Å². The minimum Gasteiger partial charge on any atom is -0.484 e. The summed E-state index contributed by atoms with van der Waals surface area (Å²) in [4.78, 5) is 27.0. The summed E-state index contributed by atoms with van der Waals surface area (Å²) in [5.41, 5.74) is 2.06. The number of benzene rings is 2. The fourth-order valence-electron chi connectivity index (χ4n) is 2.64. The number of aryl methyl sites for hydroxylation is 1. The van der Waals surface area contributed by atoms with Crippen LogP contribution in [-0.4, -0.2) is 35.4 Å².